The second kappa shape index (κ2) is 6.96. The maximum Gasteiger partial charge on any atom is 0.418 e. The predicted molar refractivity (Wildman–Crippen MR) is 74.2 cm³/mol. The molecule has 0 fully saturated rings. The number of amidine groups is 1. The lowest BCUT2D eigenvalue weighted by molar-refractivity contribution is -0.136. The molecule has 2 amide bonds. The summed E-state index contributed by atoms with van der Waals surface area (Å²) in [4.78, 5) is 11.7. The number of carbonyl (C=O) groups is 1. The second-order valence-electron chi connectivity index (χ2n) is 4.44. The van der Waals surface area contributed by atoms with Crippen LogP contribution in [-0.2, 0) is 6.18 Å². The molecule has 0 aliphatic heterocycles. The number of hydrogen-bond acceptors (Lipinski definition) is 2. The number of para-hydroxylation sites is 1. The normalized spacial score (nSPS) is 12.6. The Morgan fingerprint density at radius 3 is 2.52 bits per heavy atom. The van der Waals surface area contributed by atoms with E-state index in [1.54, 1.807) is 0 Å². The summed E-state index contributed by atoms with van der Waals surface area (Å²) in [5.74, 6) is -0.240. The fraction of sp³-hybridized carbons (Fsp3) is 0.385. The van der Waals surface area contributed by atoms with Gasteiger partial charge in [0.25, 0.3) is 0 Å². The van der Waals surface area contributed by atoms with E-state index >= 15 is 0 Å². The van der Waals surface area contributed by atoms with E-state index in [2.05, 4.69) is 10.6 Å². The largest absolute Gasteiger partial charge is 0.418 e. The standard InChI is InChI=1S/C13H17F3N4O/c1-2-5-10(11(17)18)20-12(21)19-9-7-4-3-6-8(9)13(14,15)16/h3-4,6-7,10H,2,5H2,1H3,(H3,17,18)(H2,19,20,21). The predicted octanol–water partition coefficient (Wildman–Crippen LogP) is 2.93. The van der Waals surface area contributed by atoms with Gasteiger partial charge in [-0.15, -0.1) is 0 Å². The average Bonchev–Trinajstić information content (AvgIpc) is 2.37. The molecule has 0 saturated carbocycles. The Morgan fingerprint density at radius 2 is 2.00 bits per heavy atom. The van der Waals surface area contributed by atoms with Crippen molar-refractivity contribution in [3.8, 4) is 0 Å². The van der Waals surface area contributed by atoms with E-state index < -0.39 is 23.8 Å². The molecule has 0 aliphatic rings. The van der Waals surface area contributed by atoms with Crippen molar-refractivity contribution in [2.45, 2.75) is 32.0 Å². The van der Waals surface area contributed by atoms with E-state index in [4.69, 9.17) is 11.1 Å². The number of hydrogen-bond donors (Lipinski definition) is 4. The van der Waals surface area contributed by atoms with Crippen LogP contribution >= 0.6 is 0 Å². The highest BCUT2D eigenvalue weighted by atomic mass is 19.4. The molecule has 1 rings (SSSR count). The van der Waals surface area contributed by atoms with Crippen LogP contribution in [0.2, 0.25) is 0 Å². The third-order valence-electron chi connectivity index (χ3n) is 2.74. The van der Waals surface area contributed by atoms with Gasteiger partial charge in [0.1, 0.15) is 5.84 Å². The highest BCUT2D eigenvalue weighted by Gasteiger charge is 2.33. The minimum absolute atomic E-state index is 0.240. The van der Waals surface area contributed by atoms with Crippen molar-refractivity contribution in [2.24, 2.45) is 5.73 Å². The van der Waals surface area contributed by atoms with Crippen molar-refractivity contribution < 1.29 is 18.0 Å². The van der Waals surface area contributed by atoms with Crippen LogP contribution in [0.15, 0.2) is 24.3 Å². The van der Waals surface area contributed by atoms with Crippen LogP contribution in [0.1, 0.15) is 25.3 Å². The summed E-state index contributed by atoms with van der Waals surface area (Å²) in [6, 6.07) is 3.13. The summed E-state index contributed by atoms with van der Waals surface area (Å²) in [6.45, 7) is 1.84. The molecule has 0 heterocycles. The van der Waals surface area contributed by atoms with Crippen molar-refractivity contribution in [1.82, 2.24) is 5.32 Å². The maximum atomic E-state index is 12.8. The van der Waals surface area contributed by atoms with E-state index in [0.29, 0.717) is 12.8 Å². The third kappa shape index (κ3) is 4.97. The van der Waals surface area contributed by atoms with Gasteiger partial charge in [0.15, 0.2) is 0 Å². The highest BCUT2D eigenvalue weighted by molar-refractivity contribution is 5.94. The fourth-order valence-corrected chi connectivity index (χ4v) is 1.75. The zero-order valence-corrected chi connectivity index (χ0v) is 11.4. The molecule has 8 heteroatoms. The number of halogens is 3. The van der Waals surface area contributed by atoms with Crippen LogP contribution in [0.25, 0.3) is 0 Å². The number of nitrogens with two attached hydrogens (primary N) is 1. The number of urea groups is 1. The second-order valence-corrected chi connectivity index (χ2v) is 4.44. The first-order chi connectivity index (χ1) is 9.75. The number of amides is 2. The molecule has 0 aromatic heterocycles. The molecule has 21 heavy (non-hydrogen) atoms. The quantitative estimate of drug-likeness (QED) is 0.497. The van der Waals surface area contributed by atoms with E-state index in [1.807, 2.05) is 6.92 Å². The van der Waals surface area contributed by atoms with E-state index in [-0.39, 0.29) is 11.5 Å². The van der Waals surface area contributed by atoms with Crippen molar-refractivity contribution in [3.63, 3.8) is 0 Å². The van der Waals surface area contributed by atoms with Crippen molar-refractivity contribution >= 4 is 17.6 Å². The van der Waals surface area contributed by atoms with Gasteiger partial charge in [0.05, 0.1) is 17.3 Å². The summed E-state index contributed by atoms with van der Waals surface area (Å²) in [5, 5.41) is 11.8. The third-order valence-corrected chi connectivity index (χ3v) is 2.74. The van der Waals surface area contributed by atoms with Gasteiger partial charge in [-0.3, -0.25) is 5.41 Å². The lowest BCUT2D eigenvalue weighted by Crippen LogP contribution is -2.45. The number of rotatable bonds is 5. The molecular weight excluding hydrogens is 285 g/mol. The SMILES string of the molecule is CCCC(NC(=O)Nc1ccccc1C(F)(F)F)C(=N)N. The Kier molecular flexibility index (Phi) is 5.57. The fourth-order valence-electron chi connectivity index (χ4n) is 1.75. The molecule has 0 radical (unpaired) electrons. The number of nitrogens with one attached hydrogen (secondary N) is 3. The molecule has 0 bridgehead atoms. The van der Waals surface area contributed by atoms with Gasteiger partial charge in [0.2, 0.25) is 0 Å². The Bertz CT molecular complexity index is 516. The van der Waals surface area contributed by atoms with E-state index in [0.717, 1.165) is 12.1 Å². The molecule has 0 aliphatic carbocycles. The molecule has 0 saturated heterocycles. The van der Waals surface area contributed by atoms with Crippen LogP contribution in [0.3, 0.4) is 0 Å². The van der Waals surface area contributed by atoms with Crippen molar-refractivity contribution in [1.29, 1.82) is 5.41 Å². The smallest absolute Gasteiger partial charge is 0.386 e. The molecule has 0 spiro atoms. The van der Waals surface area contributed by atoms with Gasteiger partial charge >= 0.3 is 12.2 Å². The Balaban J connectivity index is 2.82. The first-order valence-electron chi connectivity index (χ1n) is 6.33. The van der Waals surface area contributed by atoms with Gasteiger partial charge in [-0.2, -0.15) is 13.2 Å². The molecule has 1 atom stereocenters. The van der Waals surface area contributed by atoms with Crippen LogP contribution in [0.5, 0.6) is 0 Å². The zero-order valence-electron chi connectivity index (χ0n) is 11.4. The van der Waals surface area contributed by atoms with Gasteiger partial charge in [0, 0.05) is 0 Å². The topological polar surface area (TPSA) is 91.0 Å². The number of benzene rings is 1. The monoisotopic (exact) mass is 302 g/mol. The molecule has 5 nitrogen and oxygen atoms in total. The summed E-state index contributed by atoms with van der Waals surface area (Å²) in [7, 11) is 0. The maximum absolute atomic E-state index is 12.8. The first kappa shape index (κ1) is 16.8. The Labute approximate surface area is 120 Å². The van der Waals surface area contributed by atoms with E-state index in [9.17, 15) is 18.0 Å². The van der Waals surface area contributed by atoms with Crippen LogP contribution in [0, 0.1) is 5.41 Å². The summed E-state index contributed by atoms with van der Waals surface area (Å²) in [6.07, 6.45) is -3.46. The Morgan fingerprint density at radius 1 is 1.38 bits per heavy atom. The summed E-state index contributed by atoms with van der Waals surface area (Å²) < 4.78 is 38.4. The Hall–Kier alpha value is -2.25. The van der Waals surface area contributed by atoms with Gasteiger partial charge in [-0.1, -0.05) is 25.5 Å². The van der Waals surface area contributed by atoms with Crippen molar-refractivity contribution in [3.05, 3.63) is 29.8 Å². The summed E-state index contributed by atoms with van der Waals surface area (Å²) in [5.41, 5.74) is 4.04. The van der Waals surface area contributed by atoms with Crippen LogP contribution in [0.4, 0.5) is 23.7 Å². The van der Waals surface area contributed by atoms with Crippen LogP contribution in [-0.4, -0.2) is 17.9 Å². The van der Waals surface area contributed by atoms with Gasteiger partial charge < -0.3 is 16.4 Å². The molecular formula is C13H17F3N4O. The van der Waals surface area contributed by atoms with Gasteiger partial charge in [-0.05, 0) is 18.6 Å². The van der Waals surface area contributed by atoms with Crippen LogP contribution < -0.4 is 16.4 Å². The number of alkyl halides is 3. The highest BCUT2D eigenvalue weighted by Crippen LogP contribution is 2.34. The molecule has 1 unspecified atom stereocenters. The number of carbonyl (C=O) groups excluding carboxylic acids is 1. The molecule has 1 aromatic carbocycles. The lowest BCUT2D eigenvalue weighted by Gasteiger charge is -2.18. The summed E-state index contributed by atoms with van der Waals surface area (Å²) >= 11 is 0. The minimum Gasteiger partial charge on any atom is -0.386 e. The van der Waals surface area contributed by atoms with Gasteiger partial charge in [-0.25, -0.2) is 4.79 Å². The minimum atomic E-state index is -4.56. The number of anilines is 1. The molecule has 5 N–H and O–H groups in total. The lowest BCUT2D eigenvalue weighted by atomic mass is 10.1. The average molecular weight is 302 g/mol. The zero-order chi connectivity index (χ0) is 16.0. The first-order valence-corrected chi connectivity index (χ1v) is 6.33. The molecule has 116 valence electrons. The molecule has 1 aromatic rings. The van der Waals surface area contributed by atoms with E-state index in [1.165, 1.54) is 12.1 Å². The van der Waals surface area contributed by atoms with Crippen molar-refractivity contribution in [2.75, 3.05) is 5.32 Å².